The summed E-state index contributed by atoms with van der Waals surface area (Å²) in [5, 5.41) is 7.20. The molecule has 0 saturated heterocycles. The molecule has 1 aliphatic rings. The summed E-state index contributed by atoms with van der Waals surface area (Å²) in [6, 6.07) is 8.59. The molecular formula is C16H23ClN2O. The molecule has 4 heteroatoms. The number of carbonyl (C=O) groups is 1. The van der Waals surface area contributed by atoms with E-state index in [-0.39, 0.29) is 5.91 Å². The van der Waals surface area contributed by atoms with Crippen LogP contribution in [-0.4, -0.2) is 25.0 Å². The zero-order chi connectivity index (χ0) is 14.5. The third-order valence-electron chi connectivity index (χ3n) is 4.28. The second-order valence-electron chi connectivity index (χ2n) is 5.50. The van der Waals surface area contributed by atoms with E-state index in [1.807, 2.05) is 31.3 Å². The lowest BCUT2D eigenvalue weighted by Crippen LogP contribution is -2.59. The molecule has 110 valence electrons. The maximum Gasteiger partial charge on any atom is 0.220 e. The minimum atomic E-state index is 0.151. The number of nitrogens with one attached hydrogen (secondary N) is 2. The summed E-state index contributed by atoms with van der Waals surface area (Å²) >= 11 is 5.84. The average molecular weight is 295 g/mol. The number of rotatable bonds is 6. The molecule has 1 aromatic carbocycles. The van der Waals surface area contributed by atoms with Crippen LogP contribution in [0, 0.1) is 5.92 Å². The number of halogens is 1. The zero-order valence-corrected chi connectivity index (χ0v) is 12.9. The van der Waals surface area contributed by atoms with Crippen molar-refractivity contribution in [2.75, 3.05) is 7.05 Å². The van der Waals surface area contributed by atoms with Crippen molar-refractivity contribution in [3.8, 4) is 0 Å². The standard InChI is InChI=1S/C16H23ClN2O/c1-3-13-14(18-2)10-15(13)19-16(20)9-6-11-4-7-12(17)8-5-11/h4-5,7-8,13-15,18H,3,6,9-10H2,1-2H3,(H,19,20). The van der Waals surface area contributed by atoms with Crippen molar-refractivity contribution in [2.45, 2.75) is 44.7 Å². The molecule has 0 spiro atoms. The summed E-state index contributed by atoms with van der Waals surface area (Å²) in [5.74, 6) is 0.720. The predicted molar refractivity (Wildman–Crippen MR) is 82.9 cm³/mol. The molecule has 2 rings (SSSR count). The summed E-state index contributed by atoms with van der Waals surface area (Å²) < 4.78 is 0. The van der Waals surface area contributed by atoms with Gasteiger partial charge < -0.3 is 10.6 Å². The zero-order valence-electron chi connectivity index (χ0n) is 12.2. The maximum absolute atomic E-state index is 12.0. The van der Waals surface area contributed by atoms with E-state index in [1.54, 1.807) is 0 Å². The van der Waals surface area contributed by atoms with Crippen molar-refractivity contribution in [1.82, 2.24) is 10.6 Å². The third-order valence-corrected chi connectivity index (χ3v) is 4.54. The van der Waals surface area contributed by atoms with Crippen LogP contribution in [0.15, 0.2) is 24.3 Å². The number of carbonyl (C=O) groups excluding carboxylic acids is 1. The molecule has 1 saturated carbocycles. The fraction of sp³-hybridized carbons (Fsp3) is 0.562. The van der Waals surface area contributed by atoms with E-state index in [2.05, 4.69) is 17.6 Å². The van der Waals surface area contributed by atoms with Crippen LogP contribution in [-0.2, 0) is 11.2 Å². The van der Waals surface area contributed by atoms with E-state index in [0.29, 0.717) is 24.4 Å². The molecule has 0 bridgehead atoms. The molecule has 0 aromatic heterocycles. The lowest BCUT2D eigenvalue weighted by molar-refractivity contribution is -0.123. The van der Waals surface area contributed by atoms with Crippen molar-refractivity contribution in [2.24, 2.45) is 5.92 Å². The van der Waals surface area contributed by atoms with Crippen molar-refractivity contribution in [3.05, 3.63) is 34.9 Å². The Balaban J connectivity index is 1.74. The van der Waals surface area contributed by atoms with Gasteiger partial charge in [-0.1, -0.05) is 30.7 Å². The Labute approximate surface area is 126 Å². The summed E-state index contributed by atoms with van der Waals surface area (Å²) in [4.78, 5) is 12.0. The quantitative estimate of drug-likeness (QED) is 0.847. The second-order valence-corrected chi connectivity index (χ2v) is 5.94. The van der Waals surface area contributed by atoms with E-state index in [4.69, 9.17) is 11.6 Å². The second kappa shape index (κ2) is 7.09. The van der Waals surface area contributed by atoms with Crippen molar-refractivity contribution >= 4 is 17.5 Å². The molecule has 20 heavy (non-hydrogen) atoms. The van der Waals surface area contributed by atoms with Gasteiger partial charge in [0.25, 0.3) is 0 Å². The van der Waals surface area contributed by atoms with Crippen LogP contribution in [0.4, 0.5) is 0 Å². The smallest absolute Gasteiger partial charge is 0.220 e. The van der Waals surface area contributed by atoms with E-state index in [0.717, 1.165) is 29.8 Å². The molecule has 1 fully saturated rings. The van der Waals surface area contributed by atoms with Crippen LogP contribution in [0.25, 0.3) is 0 Å². The van der Waals surface area contributed by atoms with Crippen LogP contribution < -0.4 is 10.6 Å². The van der Waals surface area contributed by atoms with Gasteiger partial charge in [-0.2, -0.15) is 0 Å². The van der Waals surface area contributed by atoms with Gasteiger partial charge >= 0.3 is 0 Å². The number of benzene rings is 1. The largest absolute Gasteiger partial charge is 0.353 e. The number of aryl methyl sites for hydroxylation is 1. The van der Waals surface area contributed by atoms with Gasteiger partial charge in [-0.25, -0.2) is 0 Å². The van der Waals surface area contributed by atoms with Gasteiger partial charge in [-0.3, -0.25) is 4.79 Å². The molecule has 1 aliphatic carbocycles. The first-order chi connectivity index (χ1) is 9.63. The van der Waals surface area contributed by atoms with Gasteiger partial charge in [-0.15, -0.1) is 0 Å². The minimum Gasteiger partial charge on any atom is -0.353 e. The highest BCUT2D eigenvalue weighted by Crippen LogP contribution is 2.30. The Hall–Kier alpha value is -1.06. The first-order valence-electron chi connectivity index (χ1n) is 7.35. The fourth-order valence-corrected chi connectivity index (χ4v) is 3.09. The Kier molecular flexibility index (Phi) is 5.44. The topological polar surface area (TPSA) is 41.1 Å². The lowest BCUT2D eigenvalue weighted by Gasteiger charge is -2.44. The molecule has 3 unspecified atom stereocenters. The van der Waals surface area contributed by atoms with Gasteiger partial charge in [0.2, 0.25) is 5.91 Å². The molecule has 3 nitrogen and oxygen atoms in total. The van der Waals surface area contributed by atoms with Gasteiger partial charge in [0.1, 0.15) is 0 Å². The van der Waals surface area contributed by atoms with E-state index in [9.17, 15) is 4.79 Å². The normalized spacial score (nSPS) is 25.1. The molecule has 3 atom stereocenters. The Bertz CT molecular complexity index is 446. The van der Waals surface area contributed by atoms with Gasteiger partial charge in [-0.05, 0) is 49.9 Å². The Morgan fingerprint density at radius 1 is 1.30 bits per heavy atom. The van der Waals surface area contributed by atoms with Gasteiger partial charge in [0.05, 0.1) is 0 Å². The van der Waals surface area contributed by atoms with E-state index >= 15 is 0 Å². The molecule has 1 amide bonds. The van der Waals surface area contributed by atoms with E-state index in [1.165, 1.54) is 0 Å². The predicted octanol–water partition coefficient (Wildman–Crippen LogP) is 2.78. The molecule has 0 heterocycles. The summed E-state index contributed by atoms with van der Waals surface area (Å²) in [6.45, 7) is 2.18. The minimum absolute atomic E-state index is 0.151. The molecule has 0 radical (unpaired) electrons. The maximum atomic E-state index is 12.0. The van der Waals surface area contributed by atoms with Crippen molar-refractivity contribution in [1.29, 1.82) is 0 Å². The lowest BCUT2D eigenvalue weighted by atomic mass is 9.73. The third kappa shape index (κ3) is 3.74. The highest BCUT2D eigenvalue weighted by Gasteiger charge is 2.39. The number of amides is 1. The van der Waals surface area contributed by atoms with Crippen LogP contribution in [0.1, 0.15) is 31.7 Å². The van der Waals surface area contributed by atoms with Gasteiger partial charge in [0, 0.05) is 23.5 Å². The van der Waals surface area contributed by atoms with Crippen LogP contribution >= 0.6 is 11.6 Å². The highest BCUT2D eigenvalue weighted by molar-refractivity contribution is 6.30. The highest BCUT2D eigenvalue weighted by atomic mass is 35.5. The SMILES string of the molecule is CCC1C(NC)CC1NC(=O)CCc1ccc(Cl)cc1. The van der Waals surface area contributed by atoms with E-state index < -0.39 is 0 Å². The van der Waals surface area contributed by atoms with Crippen molar-refractivity contribution < 1.29 is 4.79 Å². The van der Waals surface area contributed by atoms with Gasteiger partial charge in [0.15, 0.2) is 0 Å². The first kappa shape index (κ1) is 15.3. The van der Waals surface area contributed by atoms with Crippen LogP contribution in [0.3, 0.4) is 0 Å². The summed E-state index contributed by atoms with van der Waals surface area (Å²) in [5.41, 5.74) is 1.15. The molecule has 1 aromatic rings. The number of hydrogen-bond donors (Lipinski definition) is 2. The molecule has 2 N–H and O–H groups in total. The van der Waals surface area contributed by atoms with Crippen molar-refractivity contribution in [3.63, 3.8) is 0 Å². The Morgan fingerprint density at radius 2 is 2.00 bits per heavy atom. The molecular weight excluding hydrogens is 272 g/mol. The van der Waals surface area contributed by atoms with Crippen LogP contribution in [0.5, 0.6) is 0 Å². The fourth-order valence-electron chi connectivity index (χ4n) is 2.96. The first-order valence-corrected chi connectivity index (χ1v) is 7.73. The Morgan fingerprint density at radius 3 is 2.60 bits per heavy atom. The number of hydrogen-bond acceptors (Lipinski definition) is 2. The summed E-state index contributed by atoms with van der Waals surface area (Å²) in [7, 11) is 1.99. The summed E-state index contributed by atoms with van der Waals surface area (Å²) in [6.07, 6.45) is 3.45. The van der Waals surface area contributed by atoms with Crippen LogP contribution in [0.2, 0.25) is 5.02 Å². The molecule has 0 aliphatic heterocycles. The monoisotopic (exact) mass is 294 g/mol. The average Bonchev–Trinajstić information content (AvgIpc) is 2.43.